The SMILES string of the molecule is CC1=C(C)c2cc3ccc(cc4ccc(cc5nc(cc1n2)C=C5)[nH]4)[nH]3.COC. The van der Waals surface area contributed by atoms with Crippen molar-refractivity contribution in [3.8, 4) is 0 Å². The van der Waals surface area contributed by atoms with Crippen LogP contribution in [0.25, 0.3) is 45.4 Å². The van der Waals surface area contributed by atoms with Crippen LogP contribution >= 0.6 is 0 Å². The van der Waals surface area contributed by atoms with Gasteiger partial charge in [-0.25, -0.2) is 9.97 Å². The second-order valence-corrected chi connectivity index (χ2v) is 7.15. The van der Waals surface area contributed by atoms with Crippen molar-refractivity contribution < 1.29 is 4.74 Å². The fourth-order valence-electron chi connectivity index (χ4n) is 3.33. The van der Waals surface area contributed by atoms with Crippen molar-refractivity contribution in [1.29, 1.82) is 0 Å². The number of rotatable bonds is 0. The summed E-state index contributed by atoms with van der Waals surface area (Å²) in [5, 5.41) is 0. The fraction of sp³-hybridized carbons (Fsp3) is 0.167. The van der Waals surface area contributed by atoms with Crippen molar-refractivity contribution in [3.05, 3.63) is 71.3 Å². The van der Waals surface area contributed by atoms with Crippen molar-refractivity contribution in [2.45, 2.75) is 13.8 Å². The van der Waals surface area contributed by atoms with Gasteiger partial charge in [0.15, 0.2) is 0 Å². The molecule has 0 amide bonds. The van der Waals surface area contributed by atoms with E-state index in [1.807, 2.05) is 12.2 Å². The summed E-state index contributed by atoms with van der Waals surface area (Å²) in [4.78, 5) is 16.4. The first-order valence-electron chi connectivity index (χ1n) is 9.50. The summed E-state index contributed by atoms with van der Waals surface area (Å²) < 4.78 is 4.25. The Morgan fingerprint density at radius 3 is 1.66 bits per heavy atom. The van der Waals surface area contributed by atoms with Gasteiger partial charge in [-0.3, -0.25) is 0 Å². The lowest BCUT2D eigenvalue weighted by Crippen LogP contribution is -1.79. The number of aromatic amines is 2. The number of fused-ring (bicyclic) bond motifs is 8. The Labute approximate surface area is 169 Å². The monoisotopic (exact) mass is 384 g/mol. The molecule has 2 aliphatic heterocycles. The Morgan fingerprint density at radius 2 is 1.07 bits per heavy atom. The van der Waals surface area contributed by atoms with Crippen LogP contribution in [0.15, 0.2) is 48.5 Å². The van der Waals surface area contributed by atoms with Gasteiger partial charge in [0.05, 0.1) is 22.8 Å². The van der Waals surface area contributed by atoms with Crippen LogP contribution in [0.1, 0.15) is 36.6 Å². The molecule has 29 heavy (non-hydrogen) atoms. The van der Waals surface area contributed by atoms with Gasteiger partial charge in [-0.2, -0.15) is 0 Å². The number of aromatic nitrogens is 4. The van der Waals surface area contributed by atoms with Crippen LogP contribution < -0.4 is 0 Å². The van der Waals surface area contributed by atoms with Gasteiger partial charge in [-0.1, -0.05) is 0 Å². The standard InChI is InChI=1S/C22H18N4.C2H6O/c1-13-14(2)22-12-20-8-6-18(25-20)10-16-4-3-15(23-16)9-17-5-7-19(24-17)11-21(13)26-22;1-3-2/h3-12,23-24H,1-2H3;1-2H3. The molecule has 0 atom stereocenters. The number of allylic oxidation sites excluding steroid dienone is 2. The second kappa shape index (κ2) is 7.89. The summed E-state index contributed by atoms with van der Waals surface area (Å²) in [6, 6.07) is 16.6. The van der Waals surface area contributed by atoms with Gasteiger partial charge in [0.2, 0.25) is 0 Å². The van der Waals surface area contributed by atoms with E-state index in [0.29, 0.717) is 0 Å². The van der Waals surface area contributed by atoms with Gasteiger partial charge >= 0.3 is 0 Å². The smallest absolute Gasteiger partial charge is 0.0691 e. The molecule has 5 rings (SSSR count). The van der Waals surface area contributed by atoms with Crippen molar-refractivity contribution in [1.82, 2.24) is 19.9 Å². The highest BCUT2D eigenvalue weighted by molar-refractivity contribution is 5.91. The number of nitrogens with one attached hydrogen (secondary N) is 2. The van der Waals surface area contributed by atoms with E-state index in [1.165, 1.54) is 11.1 Å². The highest BCUT2D eigenvalue weighted by Crippen LogP contribution is 2.29. The molecule has 0 radical (unpaired) electrons. The largest absolute Gasteiger partial charge is 0.388 e. The lowest BCUT2D eigenvalue weighted by atomic mass is 10.1. The van der Waals surface area contributed by atoms with E-state index in [4.69, 9.17) is 9.97 Å². The van der Waals surface area contributed by atoms with E-state index < -0.39 is 0 Å². The highest BCUT2D eigenvalue weighted by atomic mass is 16.4. The predicted octanol–water partition coefficient (Wildman–Crippen LogP) is 5.70. The Kier molecular flexibility index (Phi) is 5.14. The van der Waals surface area contributed by atoms with Gasteiger partial charge in [-0.15, -0.1) is 0 Å². The normalized spacial score (nSPS) is 12.7. The van der Waals surface area contributed by atoms with Crippen LogP contribution in [-0.2, 0) is 4.74 Å². The molecule has 0 saturated heterocycles. The van der Waals surface area contributed by atoms with Crippen molar-refractivity contribution in [2.75, 3.05) is 14.2 Å². The lowest BCUT2D eigenvalue weighted by molar-refractivity contribution is 0.277. The number of ether oxygens (including phenoxy) is 1. The molecule has 0 aliphatic carbocycles. The Morgan fingerprint density at radius 1 is 0.621 bits per heavy atom. The van der Waals surface area contributed by atoms with Gasteiger partial charge in [0.1, 0.15) is 0 Å². The van der Waals surface area contributed by atoms with Gasteiger partial charge < -0.3 is 14.7 Å². The van der Waals surface area contributed by atoms with E-state index in [1.54, 1.807) is 14.2 Å². The number of nitrogens with zero attached hydrogens (tertiary/aromatic N) is 2. The van der Waals surface area contributed by atoms with E-state index in [9.17, 15) is 0 Å². The average molecular weight is 384 g/mol. The van der Waals surface area contributed by atoms with Gasteiger partial charge in [0, 0.05) is 36.3 Å². The molecule has 5 heterocycles. The second-order valence-electron chi connectivity index (χ2n) is 7.15. The summed E-state index contributed by atoms with van der Waals surface area (Å²) >= 11 is 0. The molecule has 3 aromatic heterocycles. The molecule has 0 aromatic carbocycles. The lowest BCUT2D eigenvalue weighted by Gasteiger charge is -1.93. The minimum absolute atomic E-state index is 0.927. The Hall–Kier alpha value is -3.44. The van der Waals surface area contributed by atoms with Crippen molar-refractivity contribution in [3.63, 3.8) is 0 Å². The third-order valence-corrected chi connectivity index (χ3v) is 4.91. The summed E-state index contributed by atoms with van der Waals surface area (Å²) in [6.45, 7) is 4.23. The molecule has 5 nitrogen and oxygen atoms in total. The van der Waals surface area contributed by atoms with Gasteiger partial charge in [-0.05, 0) is 85.7 Å². The zero-order valence-electron chi connectivity index (χ0n) is 17.1. The van der Waals surface area contributed by atoms with Crippen LogP contribution in [-0.4, -0.2) is 34.2 Å². The van der Waals surface area contributed by atoms with Crippen molar-refractivity contribution in [2.24, 2.45) is 0 Å². The molecular formula is C24H24N4O. The van der Waals surface area contributed by atoms with E-state index in [0.717, 1.165) is 44.8 Å². The van der Waals surface area contributed by atoms with Gasteiger partial charge in [0.25, 0.3) is 0 Å². The maximum atomic E-state index is 4.82. The molecule has 5 heteroatoms. The third-order valence-electron chi connectivity index (χ3n) is 4.91. The fourth-order valence-corrected chi connectivity index (χ4v) is 3.33. The molecule has 0 fully saturated rings. The maximum absolute atomic E-state index is 4.82. The zero-order chi connectivity index (χ0) is 20.4. The first-order valence-corrected chi connectivity index (χ1v) is 9.50. The number of hydrogen-bond donors (Lipinski definition) is 2. The van der Waals surface area contributed by atoms with Crippen LogP contribution in [0.3, 0.4) is 0 Å². The van der Waals surface area contributed by atoms with Crippen LogP contribution in [0.5, 0.6) is 0 Å². The molecule has 0 unspecified atom stereocenters. The highest BCUT2D eigenvalue weighted by Gasteiger charge is 2.13. The first-order chi connectivity index (χ1) is 14.1. The molecule has 0 saturated carbocycles. The molecule has 146 valence electrons. The average Bonchev–Trinajstić information content (AvgIpc) is 3.46. The Bertz CT molecular complexity index is 1270. The number of hydrogen-bond acceptors (Lipinski definition) is 3. The van der Waals surface area contributed by atoms with Crippen LogP contribution in [0.4, 0.5) is 0 Å². The Balaban J connectivity index is 0.000000645. The van der Waals surface area contributed by atoms with Crippen LogP contribution in [0.2, 0.25) is 0 Å². The summed E-state index contributed by atoms with van der Waals surface area (Å²) in [5.41, 5.74) is 10.4. The van der Waals surface area contributed by atoms with E-state index >= 15 is 0 Å². The molecule has 8 bridgehead atoms. The summed E-state index contributed by atoms with van der Waals surface area (Å²) in [6.07, 6.45) is 4.06. The summed E-state index contributed by atoms with van der Waals surface area (Å²) in [7, 11) is 3.25. The topological polar surface area (TPSA) is 66.6 Å². The van der Waals surface area contributed by atoms with E-state index in [-0.39, 0.29) is 0 Å². The minimum atomic E-state index is 0.927. The third kappa shape index (κ3) is 4.05. The van der Waals surface area contributed by atoms with E-state index in [2.05, 4.69) is 77.1 Å². The maximum Gasteiger partial charge on any atom is 0.0691 e. The number of H-pyrrole nitrogens is 2. The molecule has 2 N–H and O–H groups in total. The van der Waals surface area contributed by atoms with Crippen LogP contribution in [0, 0.1) is 0 Å². The first kappa shape index (κ1) is 18.9. The summed E-state index contributed by atoms with van der Waals surface area (Å²) in [5.74, 6) is 0. The van der Waals surface area contributed by atoms with Crippen molar-refractivity contribution >= 4 is 45.4 Å². The predicted molar refractivity (Wildman–Crippen MR) is 121 cm³/mol. The number of methoxy groups -OCH3 is 1. The molecule has 0 spiro atoms. The molecule has 3 aromatic rings. The zero-order valence-corrected chi connectivity index (χ0v) is 17.1. The molecular weight excluding hydrogens is 360 g/mol. The quantitative estimate of drug-likeness (QED) is 0.409. The molecule has 2 aliphatic rings. The minimum Gasteiger partial charge on any atom is -0.388 e.